The Morgan fingerprint density at radius 2 is 2.64 bits per heavy atom. The predicted molar refractivity (Wildman–Crippen MR) is 39.5 cm³/mol. The van der Waals surface area contributed by atoms with Crippen LogP contribution in [0.15, 0.2) is 12.3 Å². The molecule has 0 aliphatic carbocycles. The zero-order valence-corrected chi connectivity index (χ0v) is 6.03. The van der Waals surface area contributed by atoms with Gasteiger partial charge in [0.2, 0.25) is 0 Å². The molecule has 0 saturated heterocycles. The topological polar surface area (TPSA) is 78.6 Å². The first-order chi connectivity index (χ1) is 5.20. The summed E-state index contributed by atoms with van der Waals surface area (Å²) in [5.41, 5.74) is 8.14. The van der Waals surface area contributed by atoms with Crippen molar-refractivity contribution in [1.82, 2.24) is 10.4 Å². The lowest BCUT2D eigenvalue weighted by Gasteiger charge is -2.17. The lowest BCUT2D eigenvalue weighted by atomic mass is 10.3. The van der Waals surface area contributed by atoms with Gasteiger partial charge in [0.05, 0.1) is 0 Å². The molecule has 4 N–H and O–H groups in total. The highest BCUT2D eigenvalue weighted by Gasteiger charge is 2.16. The SMILES string of the molecule is NC(CN1CC=CN1)C(=O)O. The normalized spacial score (nSPS) is 19.7. The van der Waals surface area contributed by atoms with Crippen LogP contribution in [0, 0.1) is 0 Å². The standard InChI is InChI=1S/C6H11N3O2/c7-5(6(10)11)4-9-3-1-2-8-9/h1-2,5,8H,3-4,7H2,(H,10,11). The Kier molecular flexibility index (Phi) is 2.45. The quantitative estimate of drug-likeness (QED) is 0.476. The van der Waals surface area contributed by atoms with Crippen LogP contribution in [0.2, 0.25) is 0 Å². The summed E-state index contributed by atoms with van der Waals surface area (Å²) in [6.07, 6.45) is 3.66. The molecule has 0 fully saturated rings. The van der Waals surface area contributed by atoms with Crippen LogP contribution in [0.1, 0.15) is 0 Å². The van der Waals surface area contributed by atoms with Crippen LogP contribution in [-0.4, -0.2) is 35.2 Å². The number of carboxylic acids is 1. The average Bonchev–Trinajstić information content (AvgIpc) is 2.39. The molecule has 1 heterocycles. The molecule has 11 heavy (non-hydrogen) atoms. The molecule has 0 saturated carbocycles. The first-order valence-electron chi connectivity index (χ1n) is 3.34. The van der Waals surface area contributed by atoms with E-state index in [0.717, 1.165) is 0 Å². The van der Waals surface area contributed by atoms with Crippen molar-refractivity contribution in [1.29, 1.82) is 0 Å². The predicted octanol–water partition coefficient (Wildman–Crippen LogP) is -1.27. The fraction of sp³-hybridized carbons (Fsp3) is 0.500. The van der Waals surface area contributed by atoms with Crippen LogP contribution in [0.5, 0.6) is 0 Å². The Labute approximate surface area is 64.4 Å². The van der Waals surface area contributed by atoms with Gasteiger partial charge < -0.3 is 16.3 Å². The molecular formula is C6H11N3O2. The lowest BCUT2D eigenvalue weighted by molar-refractivity contribution is -0.139. The molecule has 0 aromatic heterocycles. The van der Waals surface area contributed by atoms with Crippen LogP contribution in [0.4, 0.5) is 0 Å². The zero-order chi connectivity index (χ0) is 8.27. The van der Waals surface area contributed by atoms with Gasteiger partial charge in [-0.1, -0.05) is 6.08 Å². The number of carbonyl (C=O) groups is 1. The lowest BCUT2D eigenvalue weighted by Crippen LogP contribution is -2.45. The number of hydrazine groups is 1. The molecule has 0 aromatic rings. The van der Waals surface area contributed by atoms with E-state index in [0.29, 0.717) is 13.1 Å². The summed E-state index contributed by atoms with van der Waals surface area (Å²) < 4.78 is 0. The fourth-order valence-corrected chi connectivity index (χ4v) is 0.834. The van der Waals surface area contributed by atoms with Crippen molar-refractivity contribution < 1.29 is 9.90 Å². The number of nitrogens with two attached hydrogens (primary N) is 1. The van der Waals surface area contributed by atoms with Crippen LogP contribution in [0.25, 0.3) is 0 Å². The number of hydrogen-bond acceptors (Lipinski definition) is 4. The summed E-state index contributed by atoms with van der Waals surface area (Å²) >= 11 is 0. The molecule has 5 heteroatoms. The van der Waals surface area contributed by atoms with E-state index in [1.165, 1.54) is 0 Å². The van der Waals surface area contributed by atoms with Gasteiger partial charge in [-0.05, 0) is 0 Å². The molecule has 1 aliphatic heterocycles. The van der Waals surface area contributed by atoms with Crippen molar-refractivity contribution in [3.63, 3.8) is 0 Å². The van der Waals surface area contributed by atoms with Crippen molar-refractivity contribution in [3.05, 3.63) is 12.3 Å². The Balaban J connectivity index is 2.25. The van der Waals surface area contributed by atoms with E-state index in [4.69, 9.17) is 10.8 Å². The van der Waals surface area contributed by atoms with Crippen molar-refractivity contribution in [2.75, 3.05) is 13.1 Å². The second-order valence-corrected chi connectivity index (χ2v) is 2.38. The monoisotopic (exact) mass is 157 g/mol. The number of nitrogens with one attached hydrogen (secondary N) is 1. The van der Waals surface area contributed by atoms with Crippen molar-refractivity contribution in [3.8, 4) is 0 Å². The number of aliphatic carboxylic acids is 1. The van der Waals surface area contributed by atoms with Gasteiger partial charge >= 0.3 is 5.97 Å². The smallest absolute Gasteiger partial charge is 0.321 e. The highest BCUT2D eigenvalue weighted by molar-refractivity contribution is 5.73. The second kappa shape index (κ2) is 3.36. The van der Waals surface area contributed by atoms with Crippen molar-refractivity contribution >= 4 is 5.97 Å². The Bertz CT molecular complexity index is 173. The third-order valence-corrected chi connectivity index (χ3v) is 1.44. The molecule has 0 spiro atoms. The summed E-state index contributed by atoms with van der Waals surface area (Å²) in [5, 5.41) is 10.2. The summed E-state index contributed by atoms with van der Waals surface area (Å²) in [4.78, 5) is 10.3. The molecule has 5 nitrogen and oxygen atoms in total. The first-order valence-corrected chi connectivity index (χ1v) is 3.34. The summed E-state index contributed by atoms with van der Waals surface area (Å²) in [6, 6.07) is -0.817. The Morgan fingerprint density at radius 1 is 1.91 bits per heavy atom. The van der Waals surface area contributed by atoms with E-state index < -0.39 is 12.0 Å². The number of carboxylic acid groups (broad SMARTS) is 1. The molecule has 1 atom stereocenters. The van der Waals surface area contributed by atoms with Gasteiger partial charge in [0, 0.05) is 19.3 Å². The van der Waals surface area contributed by atoms with Gasteiger partial charge in [-0.2, -0.15) is 0 Å². The third-order valence-electron chi connectivity index (χ3n) is 1.44. The number of nitrogens with zero attached hydrogens (tertiary/aromatic N) is 1. The van der Waals surface area contributed by atoms with Crippen LogP contribution < -0.4 is 11.2 Å². The van der Waals surface area contributed by atoms with Gasteiger partial charge in [-0.25, -0.2) is 5.01 Å². The van der Waals surface area contributed by atoms with Crippen LogP contribution >= 0.6 is 0 Å². The third kappa shape index (κ3) is 2.21. The molecule has 1 aliphatic rings. The molecular weight excluding hydrogens is 146 g/mol. The minimum atomic E-state index is -0.973. The van der Waals surface area contributed by atoms with Gasteiger partial charge in [0.15, 0.2) is 0 Å². The van der Waals surface area contributed by atoms with Crippen molar-refractivity contribution in [2.24, 2.45) is 5.73 Å². The zero-order valence-electron chi connectivity index (χ0n) is 6.03. The highest BCUT2D eigenvalue weighted by atomic mass is 16.4. The van der Waals surface area contributed by atoms with Gasteiger partial charge in [-0.3, -0.25) is 4.79 Å². The van der Waals surface area contributed by atoms with E-state index in [2.05, 4.69) is 5.43 Å². The summed E-state index contributed by atoms with van der Waals surface area (Å²) in [6.45, 7) is 1.03. The maximum atomic E-state index is 10.3. The minimum absolute atomic E-state index is 0.322. The summed E-state index contributed by atoms with van der Waals surface area (Å²) in [7, 11) is 0. The largest absolute Gasteiger partial charge is 0.480 e. The summed E-state index contributed by atoms with van der Waals surface area (Å²) in [5.74, 6) is -0.973. The number of hydrogen-bond donors (Lipinski definition) is 3. The van der Waals surface area contributed by atoms with E-state index in [1.807, 2.05) is 6.08 Å². The Morgan fingerprint density at radius 3 is 3.09 bits per heavy atom. The van der Waals surface area contributed by atoms with Crippen LogP contribution in [-0.2, 0) is 4.79 Å². The molecule has 0 amide bonds. The van der Waals surface area contributed by atoms with Crippen LogP contribution in [0.3, 0.4) is 0 Å². The molecule has 0 bridgehead atoms. The average molecular weight is 157 g/mol. The van der Waals surface area contributed by atoms with Gasteiger partial charge in [-0.15, -0.1) is 0 Å². The van der Waals surface area contributed by atoms with Gasteiger partial charge in [0.1, 0.15) is 6.04 Å². The van der Waals surface area contributed by atoms with E-state index in [-0.39, 0.29) is 0 Å². The molecule has 1 rings (SSSR count). The maximum absolute atomic E-state index is 10.3. The maximum Gasteiger partial charge on any atom is 0.321 e. The highest BCUT2D eigenvalue weighted by Crippen LogP contribution is 1.93. The molecule has 0 aromatic carbocycles. The van der Waals surface area contributed by atoms with E-state index >= 15 is 0 Å². The van der Waals surface area contributed by atoms with Crippen molar-refractivity contribution in [2.45, 2.75) is 6.04 Å². The second-order valence-electron chi connectivity index (χ2n) is 2.38. The molecule has 62 valence electrons. The van der Waals surface area contributed by atoms with E-state index in [9.17, 15) is 4.79 Å². The fourth-order valence-electron chi connectivity index (χ4n) is 0.834. The molecule has 1 unspecified atom stereocenters. The van der Waals surface area contributed by atoms with Gasteiger partial charge in [0.25, 0.3) is 0 Å². The number of rotatable bonds is 3. The first kappa shape index (κ1) is 8.03. The Hall–Kier alpha value is -1.07. The van der Waals surface area contributed by atoms with E-state index in [1.54, 1.807) is 11.2 Å². The minimum Gasteiger partial charge on any atom is -0.480 e. The molecule has 0 radical (unpaired) electrons.